The third-order valence-electron chi connectivity index (χ3n) is 10.1. The Hall–Kier alpha value is -4.96. The number of carbonyl (C=O) groups is 2. The van der Waals surface area contributed by atoms with E-state index in [1.807, 2.05) is 101 Å². The van der Waals surface area contributed by atoms with Gasteiger partial charge in [-0.2, -0.15) is 0 Å². The smallest absolute Gasteiger partial charge is 0.270 e. The summed E-state index contributed by atoms with van der Waals surface area (Å²) in [7, 11) is 3.74. The highest BCUT2D eigenvalue weighted by atomic mass is 16.3. The van der Waals surface area contributed by atoms with Crippen LogP contribution in [0.15, 0.2) is 96.3 Å². The first-order chi connectivity index (χ1) is 22.7. The number of amides is 2. The molecular formula is C37H40N6O4. The summed E-state index contributed by atoms with van der Waals surface area (Å²) >= 11 is 0. The Balaban J connectivity index is 1.05. The summed E-state index contributed by atoms with van der Waals surface area (Å²) in [6, 6.07) is 23.7. The minimum absolute atomic E-state index is 0.0389. The predicted molar refractivity (Wildman–Crippen MR) is 180 cm³/mol. The molecule has 2 atom stereocenters. The van der Waals surface area contributed by atoms with Gasteiger partial charge in [0.05, 0.1) is 17.5 Å². The number of carbonyl (C=O) groups excluding carboxylic acids is 2. The van der Waals surface area contributed by atoms with E-state index in [0.717, 1.165) is 16.7 Å². The lowest BCUT2D eigenvalue weighted by atomic mass is 9.79. The molecule has 0 radical (unpaired) electrons. The van der Waals surface area contributed by atoms with Crippen LogP contribution in [0.4, 0.5) is 0 Å². The summed E-state index contributed by atoms with van der Waals surface area (Å²) in [6.45, 7) is 1.86. The lowest BCUT2D eigenvalue weighted by molar-refractivity contribution is -0.142. The Labute approximate surface area is 273 Å². The SMILES string of the molecule is Cn1cc(-c2ccccc2)cc1C(=O)N1CC[C@@H](C(=O)N2CCC(O)(Cn3cnc4c(ccn4C)c3=O)CC2)[C@H](c2ccccc2)C1. The van der Waals surface area contributed by atoms with Gasteiger partial charge in [0.25, 0.3) is 11.5 Å². The highest BCUT2D eigenvalue weighted by Gasteiger charge is 2.42. The molecule has 2 aliphatic heterocycles. The number of hydrogen-bond acceptors (Lipinski definition) is 5. The Morgan fingerprint density at radius 1 is 0.894 bits per heavy atom. The summed E-state index contributed by atoms with van der Waals surface area (Å²) in [5.74, 6) is -0.419. The van der Waals surface area contributed by atoms with Gasteiger partial charge in [-0.3, -0.25) is 19.0 Å². The molecule has 10 heteroatoms. The average molecular weight is 633 g/mol. The maximum Gasteiger partial charge on any atom is 0.270 e. The lowest BCUT2D eigenvalue weighted by Crippen LogP contribution is -2.53. The Morgan fingerprint density at radius 2 is 1.60 bits per heavy atom. The van der Waals surface area contributed by atoms with Crippen LogP contribution >= 0.6 is 0 Å². The molecule has 242 valence electrons. The standard InChI is InChI=1S/C37H40N6O4/c1-39-17-13-30-33(39)38-25-43(35(30)45)24-37(47)15-19-41(20-16-37)34(44)29-14-18-42(23-31(29)27-11-7-4-8-12-27)36(46)32-21-28(22-40(32)2)26-9-5-3-6-10-26/h3-13,17,21-22,25,29,31,47H,14-16,18-20,23-24H2,1-2H3/t29-,31+/m1/s1. The molecule has 2 fully saturated rings. The zero-order chi connectivity index (χ0) is 32.7. The maximum atomic E-state index is 14.1. The van der Waals surface area contributed by atoms with E-state index in [9.17, 15) is 19.5 Å². The van der Waals surface area contributed by atoms with Crippen LogP contribution in [0, 0.1) is 5.92 Å². The second-order valence-electron chi connectivity index (χ2n) is 13.1. The molecule has 2 aliphatic rings. The first kappa shape index (κ1) is 30.7. The van der Waals surface area contributed by atoms with E-state index in [2.05, 4.69) is 4.98 Å². The molecular weight excluding hydrogens is 592 g/mol. The van der Waals surface area contributed by atoms with Crippen LogP contribution in [0.25, 0.3) is 22.2 Å². The average Bonchev–Trinajstić information content (AvgIpc) is 3.68. The number of hydrogen-bond donors (Lipinski definition) is 1. The van der Waals surface area contributed by atoms with Gasteiger partial charge in [0.15, 0.2) is 0 Å². The van der Waals surface area contributed by atoms with E-state index in [4.69, 9.17) is 0 Å². The molecule has 0 saturated carbocycles. The van der Waals surface area contributed by atoms with Crippen molar-refractivity contribution in [3.63, 3.8) is 0 Å². The molecule has 3 aromatic heterocycles. The highest BCUT2D eigenvalue weighted by molar-refractivity contribution is 5.95. The van der Waals surface area contributed by atoms with E-state index in [1.165, 1.54) is 10.9 Å². The van der Waals surface area contributed by atoms with Gasteiger partial charge in [0, 0.05) is 70.1 Å². The van der Waals surface area contributed by atoms with Gasteiger partial charge in [-0.05, 0) is 42.5 Å². The molecule has 5 aromatic rings. The van der Waals surface area contributed by atoms with Crippen molar-refractivity contribution < 1.29 is 14.7 Å². The molecule has 1 N–H and O–H groups in total. The van der Waals surface area contributed by atoms with Crippen molar-refractivity contribution in [2.75, 3.05) is 26.2 Å². The number of aliphatic hydroxyl groups is 1. The fourth-order valence-electron chi connectivity index (χ4n) is 7.34. The zero-order valence-corrected chi connectivity index (χ0v) is 26.8. The van der Waals surface area contributed by atoms with Gasteiger partial charge in [0.1, 0.15) is 17.7 Å². The van der Waals surface area contributed by atoms with Crippen LogP contribution in [0.1, 0.15) is 41.2 Å². The Morgan fingerprint density at radius 3 is 2.32 bits per heavy atom. The molecule has 2 amide bonds. The second-order valence-corrected chi connectivity index (χ2v) is 13.1. The van der Waals surface area contributed by atoms with Crippen molar-refractivity contribution in [1.29, 1.82) is 0 Å². The first-order valence-corrected chi connectivity index (χ1v) is 16.3. The highest BCUT2D eigenvalue weighted by Crippen LogP contribution is 2.36. The van der Waals surface area contributed by atoms with Crippen molar-refractivity contribution in [3.8, 4) is 11.1 Å². The number of likely N-dealkylation sites (tertiary alicyclic amines) is 2. The molecule has 10 nitrogen and oxygen atoms in total. The van der Waals surface area contributed by atoms with Crippen molar-refractivity contribution >= 4 is 22.8 Å². The quantitative estimate of drug-likeness (QED) is 0.304. The molecule has 0 spiro atoms. The van der Waals surface area contributed by atoms with Gasteiger partial charge in [0.2, 0.25) is 5.91 Å². The fraction of sp³-hybridized carbons (Fsp3) is 0.351. The molecule has 0 aliphatic carbocycles. The minimum Gasteiger partial charge on any atom is -0.388 e. The molecule has 7 rings (SSSR count). The maximum absolute atomic E-state index is 14.1. The third kappa shape index (κ3) is 5.89. The normalized spacial score (nSPS) is 19.6. The largest absolute Gasteiger partial charge is 0.388 e. The molecule has 0 bridgehead atoms. The van der Waals surface area contributed by atoms with E-state index >= 15 is 0 Å². The minimum atomic E-state index is -1.12. The second kappa shape index (κ2) is 12.3. The Bertz CT molecular complexity index is 1970. The number of aromatic nitrogens is 4. The van der Waals surface area contributed by atoms with Gasteiger partial charge in [-0.1, -0.05) is 60.7 Å². The predicted octanol–water partition coefficient (Wildman–Crippen LogP) is 4.04. The fourth-order valence-corrected chi connectivity index (χ4v) is 7.34. The zero-order valence-electron chi connectivity index (χ0n) is 26.8. The van der Waals surface area contributed by atoms with E-state index < -0.39 is 5.60 Å². The Kier molecular flexibility index (Phi) is 8.05. The van der Waals surface area contributed by atoms with Gasteiger partial charge < -0.3 is 24.0 Å². The van der Waals surface area contributed by atoms with E-state index in [-0.39, 0.29) is 35.8 Å². The number of piperidine rings is 2. The number of nitrogens with zero attached hydrogens (tertiary/aromatic N) is 6. The lowest BCUT2D eigenvalue weighted by Gasteiger charge is -2.43. The van der Waals surface area contributed by atoms with Crippen LogP contribution in [0.2, 0.25) is 0 Å². The van der Waals surface area contributed by atoms with E-state index in [0.29, 0.717) is 62.2 Å². The number of aryl methyl sites for hydroxylation is 2. The summed E-state index contributed by atoms with van der Waals surface area (Å²) in [4.78, 5) is 49.3. The summed E-state index contributed by atoms with van der Waals surface area (Å²) in [5.41, 5.74) is 3.03. The van der Waals surface area contributed by atoms with Crippen molar-refractivity contribution in [2.24, 2.45) is 20.0 Å². The van der Waals surface area contributed by atoms with Crippen molar-refractivity contribution in [3.05, 3.63) is 113 Å². The van der Waals surface area contributed by atoms with Gasteiger partial charge in [-0.25, -0.2) is 4.98 Å². The van der Waals surface area contributed by atoms with Crippen LogP contribution in [0.5, 0.6) is 0 Å². The summed E-state index contributed by atoms with van der Waals surface area (Å²) in [6.07, 6.45) is 6.56. The van der Waals surface area contributed by atoms with Crippen LogP contribution < -0.4 is 5.56 Å². The first-order valence-electron chi connectivity index (χ1n) is 16.3. The van der Waals surface area contributed by atoms with Crippen LogP contribution in [-0.4, -0.2) is 77.2 Å². The third-order valence-corrected chi connectivity index (χ3v) is 10.1. The summed E-state index contributed by atoms with van der Waals surface area (Å²) < 4.78 is 5.16. The monoisotopic (exact) mass is 632 g/mol. The summed E-state index contributed by atoms with van der Waals surface area (Å²) in [5, 5.41) is 12.0. The van der Waals surface area contributed by atoms with Crippen molar-refractivity contribution in [1.82, 2.24) is 28.5 Å². The molecule has 47 heavy (non-hydrogen) atoms. The number of benzene rings is 2. The molecule has 2 aromatic carbocycles. The van der Waals surface area contributed by atoms with E-state index in [1.54, 1.807) is 16.8 Å². The van der Waals surface area contributed by atoms with Crippen molar-refractivity contribution in [2.45, 2.75) is 37.3 Å². The molecule has 2 saturated heterocycles. The topological polar surface area (TPSA) is 106 Å². The van der Waals surface area contributed by atoms with Gasteiger partial charge >= 0.3 is 0 Å². The molecule has 0 unspecified atom stereocenters. The van der Waals surface area contributed by atoms with Gasteiger partial charge in [-0.15, -0.1) is 0 Å². The van der Waals surface area contributed by atoms with Crippen LogP contribution in [0.3, 0.4) is 0 Å². The van der Waals surface area contributed by atoms with Crippen LogP contribution in [-0.2, 0) is 25.4 Å². The molecule has 5 heterocycles. The number of fused-ring (bicyclic) bond motifs is 1. The number of rotatable bonds is 6.